The van der Waals surface area contributed by atoms with E-state index < -0.39 is 80.6 Å². The standard InChI is InChI=1S/C22H19ClF3N3O5S2.C21H17ClF3N3O3S/c1-12-4-6-15(28-35(3,31)32)9-17(12)21(30)20-19(8-14(23)11-27-20)29-36(33,34)16-7-5-13(2)18(10-16)22(24,25)26;1-11-3-5-14(26)8-16(11)20(29)19-18(7-13(22)10-27-19)28-32(30,31)15-6-4-12(2)17(9-15)21(23,24)25/h4-11,28-29H,1-3H3;3-10,28H,26H2,1-2H3. The van der Waals surface area contributed by atoms with Crippen molar-refractivity contribution in [3.63, 3.8) is 0 Å². The van der Waals surface area contributed by atoms with Gasteiger partial charge in [0.05, 0.1) is 48.6 Å². The second-order valence-electron chi connectivity index (χ2n) is 14.9. The van der Waals surface area contributed by atoms with Crippen LogP contribution in [0, 0.1) is 27.7 Å². The van der Waals surface area contributed by atoms with Crippen LogP contribution in [0.4, 0.5) is 49.1 Å². The molecule has 360 valence electrons. The first-order valence-corrected chi connectivity index (χ1v) is 24.6. The second-order valence-corrected chi connectivity index (χ2v) is 20.9. The van der Waals surface area contributed by atoms with Gasteiger partial charge in [-0.05, 0) is 111 Å². The molecular formula is C43H36Cl2F6N6O8S3. The van der Waals surface area contributed by atoms with Gasteiger partial charge in [-0.3, -0.25) is 23.8 Å². The van der Waals surface area contributed by atoms with Crippen LogP contribution in [0.25, 0.3) is 0 Å². The van der Waals surface area contributed by atoms with Crippen molar-refractivity contribution >= 4 is 87.6 Å². The van der Waals surface area contributed by atoms with Gasteiger partial charge in [-0.1, -0.05) is 47.5 Å². The van der Waals surface area contributed by atoms with E-state index in [1.807, 2.05) is 0 Å². The number of nitrogens with one attached hydrogen (secondary N) is 3. The molecule has 0 aliphatic heterocycles. The van der Waals surface area contributed by atoms with Gasteiger partial charge in [-0.15, -0.1) is 0 Å². The van der Waals surface area contributed by atoms with E-state index in [4.69, 9.17) is 28.9 Å². The number of aryl methyl sites for hydroxylation is 4. The van der Waals surface area contributed by atoms with Crippen LogP contribution >= 0.6 is 23.2 Å². The van der Waals surface area contributed by atoms with Crippen molar-refractivity contribution < 1.29 is 61.2 Å². The van der Waals surface area contributed by atoms with Crippen LogP contribution in [0.5, 0.6) is 0 Å². The number of carbonyl (C=O) groups excluding carboxylic acids is 2. The number of alkyl halides is 6. The third-order valence-corrected chi connectivity index (χ3v) is 13.3. The third-order valence-electron chi connectivity index (χ3n) is 9.57. The Balaban J connectivity index is 0.000000256. The van der Waals surface area contributed by atoms with Crippen molar-refractivity contribution in [3.8, 4) is 0 Å². The molecule has 25 heteroatoms. The quantitative estimate of drug-likeness (QED) is 0.0513. The minimum Gasteiger partial charge on any atom is -0.399 e. The van der Waals surface area contributed by atoms with E-state index in [1.165, 1.54) is 38.1 Å². The zero-order valence-electron chi connectivity index (χ0n) is 35.7. The predicted octanol–water partition coefficient (Wildman–Crippen LogP) is 9.76. The van der Waals surface area contributed by atoms with Crippen molar-refractivity contribution in [1.82, 2.24) is 9.97 Å². The van der Waals surface area contributed by atoms with E-state index in [2.05, 4.69) is 24.1 Å². The van der Waals surface area contributed by atoms with Gasteiger partial charge in [0, 0.05) is 34.9 Å². The molecule has 6 aromatic rings. The Hall–Kier alpha value is -6.27. The number of halogens is 8. The van der Waals surface area contributed by atoms with E-state index >= 15 is 0 Å². The van der Waals surface area contributed by atoms with Gasteiger partial charge < -0.3 is 5.73 Å². The molecule has 0 spiro atoms. The average molecular weight is 1050 g/mol. The number of benzene rings is 4. The summed E-state index contributed by atoms with van der Waals surface area (Å²) in [5, 5.41) is -0.0308. The fraction of sp³-hybridized carbons (Fsp3) is 0.163. The first kappa shape index (κ1) is 52.7. The first-order chi connectivity index (χ1) is 31.3. The molecule has 4 aromatic carbocycles. The summed E-state index contributed by atoms with van der Waals surface area (Å²) in [5.41, 5.74) is 3.50. The zero-order valence-corrected chi connectivity index (χ0v) is 39.7. The molecule has 2 heterocycles. The monoisotopic (exact) mass is 1040 g/mol. The van der Waals surface area contributed by atoms with Crippen LogP contribution < -0.4 is 19.9 Å². The molecule has 68 heavy (non-hydrogen) atoms. The lowest BCUT2D eigenvalue weighted by Crippen LogP contribution is -2.19. The largest absolute Gasteiger partial charge is 0.416 e. The number of rotatable bonds is 12. The summed E-state index contributed by atoms with van der Waals surface area (Å²) in [7, 11) is -12.8. The Morgan fingerprint density at radius 3 is 1.32 bits per heavy atom. The summed E-state index contributed by atoms with van der Waals surface area (Å²) < 4.78 is 161. The lowest BCUT2D eigenvalue weighted by Gasteiger charge is -2.15. The van der Waals surface area contributed by atoms with E-state index in [-0.39, 0.29) is 55.1 Å². The van der Waals surface area contributed by atoms with E-state index in [0.29, 0.717) is 28.9 Å². The molecule has 0 saturated carbocycles. The molecule has 0 saturated heterocycles. The lowest BCUT2D eigenvalue weighted by molar-refractivity contribution is -0.139. The number of aromatic nitrogens is 2. The van der Waals surface area contributed by atoms with Gasteiger partial charge in [0.15, 0.2) is 0 Å². The highest BCUT2D eigenvalue weighted by molar-refractivity contribution is 7.93. The van der Waals surface area contributed by atoms with Crippen LogP contribution in [0.1, 0.15) is 65.5 Å². The molecule has 14 nitrogen and oxygen atoms in total. The topological polar surface area (TPSA) is 224 Å². The third kappa shape index (κ3) is 12.8. The van der Waals surface area contributed by atoms with E-state index in [1.54, 1.807) is 26.0 Å². The SMILES string of the molecule is Cc1ccc(N)cc1C(=O)c1ncc(Cl)cc1NS(=O)(=O)c1ccc(C)c(C(F)(F)F)c1.Cc1ccc(NS(C)(=O)=O)cc1C(=O)c1ncc(Cl)cc1NS(=O)(=O)c1ccc(C)c(C(F)(F)F)c1. The molecule has 0 aliphatic rings. The molecule has 0 atom stereocenters. The Morgan fingerprint density at radius 1 is 0.544 bits per heavy atom. The van der Waals surface area contributed by atoms with Gasteiger partial charge in [-0.25, -0.2) is 35.2 Å². The van der Waals surface area contributed by atoms with Gasteiger partial charge >= 0.3 is 12.4 Å². The van der Waals surface area contributed by atoms with Gasteiger partial charge in [-0.2, -0.15) is 26.3 Å². The van der Waals surface area contributed by atoms with Gasteiger partial charge in [0.2, 0.25) is 21.6 Å². The number of ketones is 2. The van der Waals surface area contributed by atoms with Crippen LogP contribution in [0.3, 0.4) is 0 Å². The number of hydrogen-bond donors (Lipinski definition) is 4. The zero-order chi connectivity index (χ0) is 50.9. The summed E-state index contributed by atoms with van der Waals surface area (Å²) in [6.45, 7) is 5.65. The summed E-state index contributed by atoms with van der Waals surface area (Å²) in [6, 6.07) is 16.2. The molecule has 0 aliphatic carbocycles. The molecule has 6 rings (SSSR count). The summed E-state index contributed by atoms with van der Waals surface area (Å²) in [4.78, 5) is 32.9. The number of nitrogens with two attached hydrogens (primary N) is 1. The number of carbonyl (C=O) groups is 2. The first-order valence-electron chi connectivity index (χ1n) is 19.0. The Labute approximate surface area is 396 Å². The molecule has 0 unspecified atom stereocenters. The molecule has 5 N–H and O–H groups in total. The van der Waals surface area contributed by atoms with Crippen molar-refractivity contribution in [3.05, 3.63) is 163 Å². The number of nitrogen functional groups attached to an aromatic ring is 1. The van der Waals surface area contributed by atoms with Crippen molar-refractivity contribution in [1.29, 1.82) is 0 Å². The van der Waals surface area contributed by atoms with Crippen LogP contribution in [0.15, 0.2) is 107 Å². The molecule has 0 amide bonds. The number of nitrogens with zero attached hydrogens (tertiary/aromatic N) is 2. The molecule has 2 aromatic heterocycles. The normalized spacial score (nSPS) is 12.1. The smallest absolute Gasteiger partial charge is 0.399 e. The minimum absolute atomic E-state index is 0.00798. The highest BCUT2D eigenvalue weighted by Crippen LogP contribution is 2.36. The summed E-state index contributed by atoms with van der Waals surface area (Å²) in [5.74, 6) is -1.41. The minimum atomic E-state index is -4.78. The van der Waals surface area contributed by atoms with E-state index in [9.17, 15) is 61.2 Å². The van der Waals surface area contributed by atoms with E-state index in [0.717, 1.165) is 55.0 Å². The molecule has 0 bridgehead atoms. The van der Waals surface area contributed by atoms with Gasteiger partial charge in [0.25, 0.3) is 20.0 Å². The summed E-state index contributed by atoms with van der Waals surface area (Å²) in [6.07, 6.45) is -6.34. The number of pyridine rings is 2. The fourth-order valence-electron chi connectivity index (χ4n) is 6.23. The molecular weight excluding hydrogens is 1010 g/mol. The number of sulfonamides is 3. The fourth-order valence-corrected chi connectivity index (χ4v) is 9.27. The Morgan fingerprint density at radius 2 is 0.926 bits per heavy atom. The lowest BCUT2D eigenvalue weighted by atomic mass is 10.0. The van der Waals surface area contributed by atoms with Crippen molar-refractivity contribution in [2.24, 2.45) is 0 Å². The Kier molecular flexibility index (Phi) is 15.3. The van der Waals surface area contributed by atoms with Crippen LogP contribution in [0.2, 0.25) is 10.0 Å². The Bertz CT molecular complexity index is 3340. The van der Waals surface area contributed by atoms with Crippen LogP contribution in [-0.2, 0) is 42.4 Å². The predicted molar refractivity (Wildman–Crippen MR) is 245 cm³/mol. The summed E-state index contributed by atoms with van der Waals surface area (Å²) >= 11 is 11.9. The maximum atomic E-state index is 13.3. The van der Waals surface area contributed by atoms with Crippen molar-refractivity contribution in [2.45, 2.75) is 49.8 Å². The average Bonchev–Trinajstić information content (AvgIpc) is 3.21. The number of hydrogen-bond acceptors (Lipinski definition) is 11. The number of anilines is 4. The highest BCUT2D eigenvalue weighted by Gasteiger charge is 2.35. The molecule has 0 fully saturated rings. The van der Waals surface area contributed by atoms with Crippen molar-refractivity contribution in [2.75, 3.05) is 26.2 Å². The maximum absolute atomic E-state index is 13.3. The second kappa shape index (κ2) is 19.8. The maximum Gasteiger partial charge on any atom is 0.416 e. The molecule has 0 radical (unpaired) electrons. The van der Waals surface area contributed by atoms with Gasteiger partial charge in [0.1, 0.15) is 11.4 Å². The van der Waals surface area contributed by atoms with Crippen LogP contribution in [-0.4, -0.2) is 53.0 Å². The highest BCUT2D eigenvalue weighted by atomic mass is 35.5.